The fourth-order valence-corrected chi connectivity index (χ4v) is 8.88. The Morgan fingerprint density at radius 3 is 2.31 bits per heavy atom. The molecule has 170 valence electrons. The molecule has 1 atom stereocenters. The number of aryl methyl sites for hydroxylation is 2. The van der Waals surface area contributed by atoms with E-state index < -0.39 is 7.36 Å². The van der Waals surface area contributed by atoms with Crippen LogP contribution in [0.4, 0.5) is 11.4 Å². The van der Waals surface area contributed by atoms with E-state index in [0.29, 0.717) is 0 Å². The molecule has 0 unspecified atom stereocenters. The van der Waals surface area contributed by atoms with E-state index in [-0.39, 0.29) is 5.41 Å². The number of hydrogen-bond acceptors (Lipinski definition) is 3. The molecule has 0 saturated carbocycles. The lowest BCUT2D eigenvalue weighted by Crippen LogP contribution is -2.30. The molecule has 0 radical (unpaired) electrons. The van der Waals surface area contributed by atoms with Crippen molar-refractivity contribution >= 4 is 24.9 Å². The first kappa shape index (κ1) is 22.8. The summed E-state index contributed by atoms with van der Waals surface area (Å²) in [6.07, 6.45) is 2.08. The van der Waals surface area contributed by atoms with Gasteiger partial charge in [0.1, 0.15) is 0 Å². The first-order valence-electron chi connectivity index (χ1n) is 11.5. The van der Waals surface area contributed by atoms with Gasteiger partial charge >= 0.3 is 0 Å². The average Bonchev–Trinajstić information content (AvgIpc) is 3.17. The smallest absolute Gasteiger partial charge is 0.174 e. The van der Waals surface area contributed by atoms with Crippen molar-refractivity contribution < 1.29 is 0 Å². The van der Waals surface area contributed by atoms with E-state index in [9.17, 15) is 0 Å². The Bertz CT molecular complexity index is 1160. The number of allylic oxidation sites excluding steroid dienone is 2. The van der Waals surface area contributed by atoms with Crippen molar-refractivity contribution in [3.05, 3.63) is 70.2 Å². The van der Waals surface area contributed by atoms with E-state index in [1.807, 2.05) is 0 Å². The molecule has 0 N–H and O–H groups in total. The van der Waals surface area contributed by atoms with Crippen molar-refractivity contribution in [3.8, 4) is 0 Å². The minimum atomic E-state index is -2.30. The van der Waals surface area contributed by atoms with Gasteiger partial charge in [-0.25, -0.2) is 14.2 Å². The monoisotopic (exact) mass is 449 g/mol. The standard InChI is InChI=1S/C26H36N5P/c1-9-31(10-2)32(28-21-16-15-19(3)20(4)17-21)24(18-27-30(32)8)25-26(5,6)22-13-11-12-14-23(22)29(25)7/h11-18H,9-10H2,1-8H3/b25-24+/t32-/m0/s1. The van der Waals surface area contributed by atoms with Crippen LogP contribution in [0.1, 0.15) is 44.4 Å². The lowest BCUT2D eigenvalue weighted by Gasteiger charge is -2.39. The summed E-state index contributed by atoms with van der Waals surface area (Å²) in [5, 5.41) is 6.12. The van der Waals surface area contributed by atoms with Crippen LogP contribution in [0.15, 0.2) is 63.3 Å². The van der Waals surface area contributed by atoms with Crippen LogP contribution in [-0.2, 0) is 5.41 Å². The van der Waals surface area contributed by atoms with Gasteiger partial charge in [0.2, 0.25) is 0 Å². The fourth-order valence-electron chi connectivity index (χ4n) is 5.18. The zero-order chi connectivity index (χ0) is 23.3. The molecule has 6 heteroatoms. The number of para-hydroxylation sites is 1. The van der Waals surface area contributed by atoms with Gasteiger partial charge in [-0.15, -0.1) is 0 Å². The number of anilines is 1. The minimum Gasteiger partial charge on any atom is -0.346 e. The van der Waals surface area contributed by atoms with E-state index in [2.05, 4.69) is 119 Å². The van der Waals surface area contributed by atoms with Gasteiger partial charge in [-0.05, 0) is 48.7 Å². The maximum atomic E-state index is 5.56. The second kappa shape index (κ2) is 8.20. The summed E-state index contributed by atoms with van der Waals surface area (Å²) < 4.78 is 10.2. The van der Waals surface area contributed by atoms with Crippen molar-refractivity contribution in [1.29, 1.82) is 0 Å². The lowest BCUT2D eigenvalue weighted by molar-refractivity contribution is 0.452. The van der Waals surface area contributed by atoms with Crippen molar-refractivity contribution in [2.75, 3.05) is 32.1 Å². The number of nitrogens with zero attached hydrogens (tertiary/aromatic N) is 5. The maximum Gasteiger partial charge on any atom is 0.174 e. The van der Waals surface area contributed by atoms with Crippen LogP contribution in [0.25, 0.3) is 0 Å². The van der Waals surface area contributed by atoms with Crippen LogP contribution in [-0.4, -0.2) is 42.8 Å². The fraction of sp³-hybridized carbons (Fsp3) is 0.423. The summed E-state index contributed by atoms with van der Waals surface area (Å²) in [6, 6.07) is 15.3. The largest absolute Gasteiger partial charge is 0.346 e. The van der Waals surface area contributed by atoms with Crippen LogP contribution in [0.3, 0.4) is 0 Å². The lowest BCUT2D eigenvalue weighted by atomic mass is 9.84. The molecule has 2 aliphatic rings. The van der Waals surface area contributed by atoms with Gasteiger partial charge in [-0.3, -0.25) is 0 Å². The molecule has 5 nitrogen and oxygen atoms in total. The second-order valence-corrected chi connectivity index (χ2v) is 12.2. The first-order valence-corrected chi connectivity index (χ1v) is 13.1. The number of hydrogen-bond donors (Lipinski definition) is 0. The Balaban J connectivity index is 2.06. The van der Waals surface area contributed by atoms with E-state index in [1.165, 1.54) is 33.4 Å². The third-order valence-electron chi connectivity index (χ3n) is 7.05. The summed E-state index contributed by atoms with van der Waals surface area (Å²) in [5.41, 5.74) is 7.39. The summed E-state index contributed by atoms with van der Waals surface area (Å²) in [6.45, 7) is 15.3. The molecule has 0 spiro atoms. The van der Waals surface area contributed by atoms with E-state index in [0.717, 1.165) is 18.8 Å². The molecule has 4 rings (SSSR count). The molecule has 2 aromatic rings. The average molecular weight is 450 g/mol. The Hall–Kier alpha value is -2.36. The highest BCUT2D eigenvalue weighted by molar-refractivity contribution is 7.67. The molecule has 0 bridgehead atoms. The van der Waals surface area contributed by atoms with Gasteiger partial charge < -0.3 is 4.90 Å². The predicted molar refractivity (Wildman–Crippen MR) is 139 cm³/mol. The normalized spacial score (nSPS) is 23.9. The topological polar surface area (TPSA) is 34.4 Å². The highest BCUT2D eigenvalue weighted by Gasteiger charge is 2.47. The second-order valence-electron chi connectivity index (χ2n) is 9.24. The molecular formula is C26H36N5P. The summed E-state index contributed by atoms with van der Waals surface area (Å²) in [7, 11) is 1.98. The minimum absolute atomic E-state index is 0.130. The molecule has 0 amide bonds. The van der Waals surface area contributed by atoms with Gasteiger partial charge in [-0.2, -0.15) is 5.10 Å². The van der Waals surface area contributed by atoms with Gasteiger partial charge in [0.15, 0.2) is 7.36 Å². The Kier molecular flexibility index (Phi) is 5.85. The van der Waals surface area contributed by atoms with Crippen LogP contribution in [0.2, 0.25) is 0 Å². The van der Waals surface area contributed by atoms with Crippen molar-refractivity contribution in [1.82, 2.24) is 9.45 Å². The molecule has 2 aromatic carbocycles. The number of hydrazone groups is 1. The quantitative estimate of drug-likeness (QED) is 0.477. The zero-order valence-electron chi connectivity index (χ0n) is 20.7. The first-order chi connectivity index (χ1) is 15.2. The summed E-state index contributed by atoms with van der Waals surface area (Å²) in [5.74, 6) is 0. The zero-order valence-corrected chi connectivity index (χ0v) is 21.6. The third kappa shape index (κ3) is 3.25. The van der Waals surface area contributed by atoms with Crippen molar-refractivity contribution in [3.63, 3.8) is 0 Å². The molecule has 0 aromatic heterocycles. The predicted octanol–water partition coefficient (Wildman–Crippen LogP) is 6.88. The highest BCUT2D eigenvalue weighted by Crippen LogP contribution is 2.69. The molecular weight excluding hydrogens is 413 g/mol. The van der Waals surface area contributed by atoms with Crippen molar-refractivity contribution in [2.24, 2.45) is 9.85 Å². The number of likely N-dealkylation sites (N-methyl/N-ethyl adjacent to an activating group) is 1. The van der Waals surface area contributed by atoms with Crippen LogP contribution < -0.4 is 4.90 Å². The molecule has 2 aliphatic heterocycles. The Labute approximate surface area is 193 Å². The SMILES string of the molecule is CCN(CC)[P@]1(=Nc2ccc(C)c(C)c2)/C(=C2/N(C)c3ccccc3C2(C)C)C=NN1C. The molecule has 0 saturated heterocycles. The molecule has 32 heavy (non-hydrogen) atoms. The van der Waals surface area contributed by atoms with Gasteiger partial charge in [0.25, 0.3) is 0 Å². The van der Waals surface area contributed by atoms with Gasteiger partial charge in [0.05, 0.1) is 17.2 Å². The Morgan fingerprint density at radius 1 is 1.00 bits per heavy atom. The van der Waals surface area contributed by atoms with E-state index in [1.54, 1.807) is 0 Å². The van der Waals surface area contributed by atoms with Crippen LogP contribution in [0.5, 0.6) is 0 Å². The highest BCUT2D eigenvalue weighted by atomic mass is 31.2. The van der Waals surface area contributed by atoms with E-state index >= 15 is 0 Å². The molecule has 0 aliphatic carbocycles. The number of rotatable bonds is 4. The van der Waals surface area contributed by atoms with Crippen LogP contribution in [0, 0.1) is 13.8 Å². The Morgan fingerprint density at radius 2 is 1.69 bits per heavy atom. The third-order valence-corrected chi connectivity index (χ3v) is 10.8. The maximum absolute atomic E-state index is 5.56. The van der Waals surface area contributed by atoms with E-state index in [4.69, 9.17) is 9.85 Å². The molecule has 0 fully saturated rings. The van der Waals surface area contributed by atoms with Crippen LogP contribution >= 0.6 is 7.36 Å². The van der Waals surface area contributed by atoms with Crippen molar-refractivity contribution in [2.45, 2.75) is 47.0 Å². The van der Waals surface area contributed by atoms with Gasteiger partial charge in [0, 0.05) is 44.0 Å². The number of benzene rings is 2. The summed E-state index contributed by atoms with van der Waals surface area (Å²) in [4.78, 5) is 2.37. The summed E-state index contributed by atoms with van der Waals surface area (Å²) >= 11 is 0. The van der Waals surface area contributed by atoms with Gasteiger partial charge in [-0.1, -0.05) is 52.0 Å². The molecule has 2 heterocycles. The number of fused-ring (bicyclic) bond motifs is 1.